The van der Waals surface area contributed by atoms with Crippen LogP contribution in [0.15, 0.2) is 85.6 Å². The van der Waals surface area contributed by atoms with Crippen molar-refractivity contribution in [3.63, 3.8) is 0 Å². The summed E-state index contributed by atoms with van der Waals surface area (Å²) in [6, 6.07) is 0. The van der Waals surface area contributed by atoms with Gasteiger partial charge in [0, 0.05) is 37.1 Å². The van der Waals surface area contributed by atoms with Crippen LogP contribution in [0.5, 0.6) is 0 Å². The fourth-order valence-corrected chi connectivity index (χ4v) is 10.4. The second kappa shape index (κ2) is 34.1. The number of nitrogens with two attached hydrogens (primary N) is 1. The van der Waals surface area contributed by atoms with Gasteiger partial charge in [0.15, 0.2) is 22.8 Å². The number of carbonyl (C=O) groups is 3. The molecule has 25 nitrogen and oxygen atoms in total. The molecule has 8 atom stereocenters. The number of nitrogens with zero attached hydrogens (tertiary/aromatic N) is 4. The van der Waals surface area contributed by atoms with Gasteiger partial charge in [0.1, 0.15) is 36.3 Å². The van der Waals surface area contributed by atoms with Crippen LogP contribution in [0.25, 0.3) is 11.2 Å². The summed E-state index contributed by atoms with van der Waals surface area (Å²) in [4.78, 5) is 97.1. The molecule has 2 aromatic rings. The van der Waals surface area contributed by atoms with Gasteiger partial charge in [0.05, 0.1) is 33.5 Å². The maximum atomic E-state index is 12.7. The molecule has 3 rings (SSSR count). The number of hydrogen-bond acceptors (Lipinski definition) is 23. The topological polar surface area (TPSA) is 395 Å². The van der Waals surface area contributed by atoms with Gasteiger partial charge >= 0.3 is 0 Å². The Hall–Kier alpha value is -4.04. The number of amides is 2. The first-order valence-corrected chi connectivity index (χ1v) is 29.9. The molecule has 0 aromatic carbocycles. The minimum absolute atomic E-state index is 0.0229. The molecule has 0 radical (unpaired) electrons. The number of nitrogens with one attached hydrogen (secondary N) is 2. The number of aromatic nitrogens is 4. The van der Waals surface area contributed by atoms with Gasteiger partial charge in [-0.1, -0.05) is 112 Å². The highest BCUT2D eigenvalue weighted by Crippen LogP contribution is 2.56. The first-order valence-electron chi connectivity index (χ1n) is 24.5. The first-order chi connectivity index (χ1) is 35.9. The standard InChI is InChI=1S/C47H74N7O18P3S/c1-4-5-6-7-8-9-10-11-12-13-14-15-16-17-18-19-20-21-22-23-24-25-35(55)30-38(57)76-29-28-49-37(56)26-27-50-45(60)42(59)47(2,3)32-69-75(66,67)72-74(64,65)68-31-36-41(71-73(61,62)63)40(58)46(70-36)54-34-53-39-43(48)51-33-52-44(39)54/h5-6,8-9,11-12,14-15,17-18,20-21,33-36,40-42,46,55,58-59H,4,7,10,13,16,19,22-32H2,1-3H3,(H,49,56)(H,50,60)(H,64,65)(H,66,67)(H2,48,51,52)(H2,61,62,63)/p-4/b6-5-,9-8-,12-11-,15-14-,18-17-,21-20-/t35-,36-,40-,41-,42+,46-/m1/s1. The average Bonchev–Trinajstić information content (AvgIpc) is 3.91. The molecule has 0 aliphatic carbocycles. The van der Waals surface area contributed by atoms with E-state index in [2.05, 4.69) is 123 Å². The fourth-order valence-electron chi connectivity index (χ4n) is 6.91. The number of thioether (sulfide) groups is 1. The van der Waals surface area contributed by atoms with Crippen molar-refractivity contribution in [1.29, 1.82) is 0 Å². The van der Waals surface area contributed by atoms with Crippen molar-refractivity contribution in [3.8, 4) is 0 Å². The number of unbranched alkanes of at least 4 members (excludes halogenated alkanes) is 2. The zero-order chi connectivity index (χ0) is 56.2. The Labute approximate surface area is 446 Å². The summed E-state index contributed by atoms with van der Waals surface area (Å²) in [7, 11) is -17.7. The summed E-state index contributed by atoms with van der Waals surface area (Å²) in [5.74, 6) is -1.37. The smallest absolute Gasteiger partial charge is 0.274 e. The Morgan fingerprint density at radius 2 is 1.45 bits per heavy atom. The second-order valence-electron chi connectivity index (χ2n) is 17.8. The lowest BCUT2D eigenvalue weighted by Crippen LogP contribution is -2.46. The molecule has 2 amide bonds. The molecule has 2 unspecified atom stereocenters. The molecule has 1 aliphatic heterocycles. The van der Waals surface area contributed by atoms with Crippen molar-refractivity contribution < 1.29 is 85.6 Å². The minimum Gasteiger partial charge on any atom is -0.790 e. The van der Waals surface area contributed by atoms with Gasteiger partial charge in [-0.3, -0.25) is 28.1 Å². The quantitative estimate of drug-likeness (QED) is 0.0321. The second-order valence-corrected chi connectivity index (χ2v) is 23.0. The summed E-state index contributed by atoms with van der Waals surface area (Å²) < 4.78 is 60.9. The lowest BCUT2D eigenvalue weighted by Gasteiger charge is -2.36. The Kier molecular flexibility index (Phi) is 29.7. The van der Waals surface area contributed by atoms with Crippen LogP contribution in [0.4, 0.5) is 5.82 Å². The number of phosphoric ester groups is 3. The number of rotatable bonds is 37. The predicted octanol–water partition coefficient (Wildman–Crippen LogP) is 3.15. The van der Waals surface area contributed by atoms with Crippen LogP contribution >= 0.6 is 35.2 Å². The first kappa shape index (κ1) is 66.2. The largest absolute Gasteiger partial charge is 0.790 e. The van der Waals surface area contributed by atoms with Gasteiger partial charge in [-0.2, -0.15) is 0 Å². The number of anilines is 1. The van der Waals surface area contributed by atoms with Crippen LogP contribution in [0.2, 0.25) is 0 Å². The molecule has 426 valence electrons. The average molecular weight is 1150 g/mol. The Morgan fingerprint density at radius 3 is 2.05 bits per heavy atom. The van der Waals surface area contributed by atoms with E-state index in [4.69, 9.17) is 10.5 Å². The van der Waals surface area contributed by atoms with Gasteiger partial charge < -0.3 is 74.1 Å². The molecule has 1 saturated heterocycles. The molecule has 1 fully saturated rings. The van der Waals surface area contributed by atoms with Crippen molar-refractivity contribution in [1.82, 2.24) is 30.2 Å². The number of ether oxygens (including phenoxy) is 1. The fraction of sp³-hybridized carbons (Fsp3) is 0.574. The van der Waals surface area contributed by atoms with Gasteiger partial charge in [-0.05, 0) is 57.8 Å². The van der Waals surface area contributed by atoms with Crippen LogP contribution in [0.3, 0.4) is 0 Å². The number of fused-ring (bicyclic) bond motifs is 1. The molecular weight excluding hydrogens is 1080 g/mol. The molecule has 3 heterocycles. The highest BCUT2D eigenvalue weighted by atomic mass is 32.2. The van der Waals surface area contributed by atoms with Gasteiger partial charge in [0.25, 0.3) is 15.6 Å². The van der Waals surface area contributed by atoms with E-state index in [1.807, 2.05) is 0 Å². The summed E-state index contributed by atoms with van der Waals surface area (Å²) in [5, 5.41) is 36.5. The number of phosphoric acid groups is 3. The number of nitrogen functional groups attached to an aromatic ring is 1. The third-order valence-corrected chi connectivity index (χ3v) is 14.8. The van der Waals surface area contributed by atoms with Crippen LogP contribution in [-0.4, -0.2) is 114 Å². The highest BCUT2D eigenvalue weighted by Gasteiger charge is 2.47. The van der Waals surface area contributed by atoms with Crippen LogP contribution in [-0.2, 0) is 50.7 Å². The molecule has 0 bridgehead atoms. The molecule has 0 saturated carbocycles. The third kappa shape index (κ3) is 26.1. The molecule has 76 heavy (non-hydrogen) atoms. The zero-order valence-electron chi connectivity index (χ0n) is 42.6. The molecule has 1 aliphatic rings. The molecule has 0 spiro atoms. The van der Waals surface area contributed by atoms with Crippen molar-refractivity contribution >= 4 is 69.1 Å². The summed E-state index contributed by atoms with van der Waals surface area (Å²) in [6.07, 6.45) is 26.0. The maximum Gasteiger partial charge on any atom is 0.274 e. The zero-order valence-corrected chi connectivity index (χ0v) is 46.1. The summed E-state index contributed by atoms with van der Waals surface area (Å²) in [6.45, 7) is 2.08. The van der Waals surface area contributed by atoms with Gasteiger partial charge in [-0.15, -0.1) is 0 Å². The Bertz CT molecular complexity index is 2470. The van der Waals surface area contributed by atoms with E-state index in [1.54, 1.807) is 0 Å². The van der Waals surface area contributed by atoms with Gasteiger partial charge in [-0.25, -0.2) is 19.3 Å². The SMILES string of the molecule is CC/C=C\C/C=C\C/C=C\C/C=C\C/C=C\C/C=C\CCCC[C@@H](O)CC(=O)SCCNC(=O)CCNC(=O)[C@H](O)C(C)(C)COP(=O)([O-])OP(=O)([O-])OC[C@H]1O[C@@H](n2cnc3c(N)ncnc32)[C@H](O)[C@@H]1OP(=O)([O-])[O-]. The number of aliphatic hydroxyl groups is 3. The van der Waals surface area contributed by atoms with Crippen molar-refractivity contribution in [2.75, 3.05) is 37.8 Å². The van der Waals surface area contributed by atoms with E-state index < -0.39 is 90.7 Å². The van der Waals surface area contributed by atoms with Crippen molar-refractivity contribution in [3.05, 3.63) is 85.6 Å². The molecule has 29 heteroatoms. The lowest BCUT2D eigenvalue weighted by molar-refractivity contribution is -0.347. The minimum atomic E-state index is -5.94. The highest BCUT2D eigenvalue weighted by molar-refractivity contribution is 8.13. The Morgan fingerprint density at radius 1 is 0.855 bits per heavy atom. The summed E-state index contributed by atoms with van der Waals surface area (Å²) >= 11 is 0.966. The van der Waals surface area contributed by atoms with E-state index in [1.165, 1.54) is 13.8 Å². The number of imidazole rings is 1. The van der Waals surface area contributed by atoms with Crippen LogP contribution < -0.4 is 35.9 Å². The normalized spacial score (nSPS) is 20.2. The van der Waals surface area contributed by atoms with E-state index in [9.17, 15) is 63.0 Å². The van der Waals surface area contributed by atoms with E-state index in [0.717, 1.165) is 86.8 Å². The third-order valence-electron chi connectivity index (χ3n) is 10.9. The van der Waals surface area contributed by atoms with Crippen LogP contribution in [0.1, 0.15) is 104 Å². The maximum absolute atomic E-state index is 12.7. The van der Waals surface area contributed by atoms with Crippen molar-refractivity contribution in [2.45, 2.75) is 135 Å². The van der Waals surface area contributed by atoms with E-state index in [-0.39, 0.29) is 53.8 Å². The molecule has 2 aromatic heterocycles. The monoisotopic (exact) mass is 1150 g/mol. The van der Waals surface area contributed by atoms with Gasteiger partial charge in [0.2, 0.25) is 11.8 Å². The van der Waals surface area contributed by atoms with Crippen molar-refractivity contribution in [2.24, 2.45) is 5.41 Å². The lowest BCUT2D eigenvalue weighted by atomic mass is 9.87. The number of hydrogen-bond donors (Lipinski definition) is 6. The summed E-state index contributed by atoms with van der Waals surface area (Å²) in [5.41, 5.74) is 4.05. The van der Waals surface area contributed by atoms with Crippen LogP contribution in [0, 0.1) is 5.41 Å². The number of allylic oxidation sites excluding steroid dienone is 12. The molecular formula is C47H70N7O18P3S-4. The van der Waals surface area contributed by atoms with E-state index >= 15 is 0 Å². The van der Waals surface area contributed by atoms with E-state index in [0.29, 0.717) is 6.42 Å². The predicted molar refractivity (Wildman–Crippen MR) is 276 cm³/mol. The Balaban J connectivity index is 1.26. The number of aliphatic hydroxyl groups excluding tert-OH is 3. The number of carbonyl (C=O) groups excluding carboxylic acids is 3. The molecule has 7 N–H and O–H groups in total.